The second-order valence-corrected chi connectivity index (χ2v) is 6.18. The summed E-state index contributed by atoms with van der Waals surface area (Å²) in [5.74, 6) is 0.725. The van der Waals surface area contributed by atoms with Gasteiger partial charge in [0.25, 0.3) is 0 Å². The smallest absolute Gasteiger partial charge is 0.314 e. The van der Waals surface area contributed by atoms with Crippen LogP contribution in [0.3, 0.4) is 0 Å². The van der Waals surface area contributed by atoms with Gasteiger partial charge in [0, 0.05) is 0 Å². The number of carbonyl (C=O) groups is 1. The van der Waals surface area contributed by atoms with Crippen LogP contribution < -0.4 is 4.74 Å². The van der Waals surface area contributed by atoms with Crippen LogP contribution in [0.5, 0.6) is 5.75 Å². The highest BCUT2D eigenvalue weighted by Crippen LogP contribution is 2.28. The molecule has 1 aromatic rings. The Hall–Kier alpha value is -1.31. The minimum atomic E-state index is -0.0593. The Labute approximate surface area is 109 Å². The van der Waals surface area contributed by atoms with Crippen LogP contribution >= 0.6 is 0 Å². The molecule has 1 aromatic carbocycles. The van der Waals surface area contributed by atoms with Gasteiger partial charge in [0.15, 0.2) is 0 Å². The van der Waals surface area contributed by atoms with E-state index in [9.17, 15) is 4.79 Å². The van der Waals surface area contributed by atoms with E-state index in [4.69, 9.17) is 4.74 Å². The molecule has 0 aliphatic heterocycles. The molecule has 0 N–H and O–H groups in total. The molecule has 1 aliphatic carbocycles. The van der Waals surface area contributed by atoms with Gasteiger partial charge in [-0.3, -0.25) is 4.79 Å². The first-order valence-electron chi connectivity index (χ1n) is 6.79. The predicted molar refractivity (Wildman–Crippen MR) is 72.7 cm³/mol. The van der Waals surface area contributed by atoms with Crippen LogP contribution in [0, 0.1) is 5.92 Å². The second kappa shape index (κ2) is 5.13. The van der Waals surface area contributed by atoms with Gasteiger partial charge in [-0.2, -0.15) is 0 Å². The van der Waals surface area contributed by atoms with E-state index in [-0.39, 0.29) is 17.3 Å². The normalized spacial score (nSPS) is 16.8. The van der Waals surface area contributed by atoms with E-state index in [1.54, 1.807) is 0 Å². The molecule has 0 radical (unpaired) electrons. The number of benzene rings is 1. The number of rotatable bonds is 2. The quantitative estimate of drug-likeness (QED) is 0.580. The van der Waals surface area contributed by atoms with Gasteiger partial charge in [0.1, 0.15) is 5.75 Å². The fourth-order valence-electron chi connectivity index (χ4n) is 2.38. The molecule has 1 saturated carbocycles. The molecule has 0 heterocycles. The van der Waals surface area contributed by atoms with Crippen molar-refractivity contribution in [3.05, 3.63) is 29.8 Å². The number of carbonyl (C=O) groups excluding carboxylic acids is 1. The standard InChI is InChI=1S/C16H22O2/c1-16(2,3)13-8-10-14(11-9-13)18-15(17)12-6-4-5-7-12/h8-12H,4-7H2,1-3H3. The van der Waals surface area contributed by atoms with Crippen LogP contribution in [0.1, 0.15) is 52.0 Å². The van der Waals surface area contributed by atoms with Gasteiger partial charge in [-0.15, -0.1) is 0 Å². The van der Waals surface area contributed by atoms with Gasteiger partial charge < -0.3 is 4.74 Å². The number of hydrogen-bond acceptors (Lipinski definition) is 2. The maximum absolute atomic E-state index is 11.9. The molecule has 1 fully saturated rings. The van der Waals surface area contributed by atoms with Gasteiger partial charge in [-0.25, -0.2) is 0 Å². The first-order valence-corrected chi connectivity index (χ1v) is 6.79. The molecule has 18 heavy (non-hydrogen) atoms. The predicted octanol–water partition coefficient (Wildman–Crippen LogP) is 4.08. The van der Waals surface area contributed by atoms with E-state index in [1.165, 1.54) is 5.56 Å². The zero-order valence-corrected chi connectivity index (χ0v) is 11.5. The first kappa shape index (κ1) is 13.1. The molecule has 2 nitrogen and oxygen atoms in total. The SMILES string of the molecule is CC(C)(C)c1ccc(OC(=O)C2CCCC2)cc1. The lowest BCUT2D eigenvalue weighted by Crippen LogP contribution is -2.17. The summed E-state index contributed by atoms with van der Waals surface area (Å²) in [5.41, 5.74) is 1.39. The largest absolute Gasteiger partial charge is 0.426 e. The van der Waals surface area contributed by atoms with Crippen LogP contribution in [0.15, 0.2) is 24.3 Å². The summed E-state index contributed by atoms with van der Waals surface area (Å²) in [7, 11) is 0. The van der Waals surface area contributed by atoms with E-state index < -0.39 is 0 Å². The van der Waals surface area contributed by atoms with E-state index in [2.05, 4.69) is 20.8 Å². The Morgan fingerprint density at radius 3 is 2.17 bits per heavy atom. The summed E-state index contributed by atoms with van der Waals surface area (Å²) in [4.78, 5) is 11.9. The average molecular weight is 246 g/mol. The fraction of sp³-hybridized carbons (Fsp3) is 0.562. The Bertz CT molecular complexity index is 406. The third-order valence-electron chi connectivity index (χ3n) is 3.63. The highest BCUT2D eigenvalue weighted by atomic mass is 16.5. The van der Waals surface area contributed by atoms with Crippen LogP contribution in [-0.4, -0.2) is 5.97 Å². The van der Waals surface area contributed by atoms with Gasteiger partial charge in [0.2, 0.25) is 0 Å². The van der Waals surface area contributed by atoms with Crippen LogP contribution in [0.25, 0.3) is 0 Å². The lowest BCUT2D eigenvalue weighted by atomic mass is 9.87. The van der Waals surface area contributed by atoms with E-state index in [0.29, 0.717) is 5.75 Å². The second-order valence-electron chi connectivity index (χ2n) is 6.18. The molecule has 0 amide bonds. The molecule has 0 bridgehead atoms. The Morgan fingerprint density at radius 1 is 1.11 bits per heavy atom. The topological polar surface area (TPSA) is 26.3 Å². The van der Waals surface area contributed by atoms with Crippen molar-refractivity contribution < 1.29 is 9.53 Å². The van der Waals surface area contributed by atoms with Crippen molar-refractivity contribution in [2.75, 3.05) is 0 Å². The molecule has 2 rings (SSSR count). The molecule has 0 atom stereocenters. The zero-order chi connectivity index (χ0) is 13.2. The lowest BCUT2D eigenvalue weighted by Gasteiger charge is -2.19. The molecule has 98 valence electrons. The van der Waals surface area contributed by atoms with Gasteiger partial charge in [-0.1, -0.05) is 45.7 Å². The lowest BCUT2D eigenvalue weighted by molar-refractivity contribution is -0.138. The molecule has 2 heteroatoms. The van der Waals surface area contributed by atoms with Crippen LogP contribution in [0.2, 0.25) is 0 Å². The van der Waals surface area contributed by atoms with Gasteiger partial charge in [-0.05, 0) is 36.0 Å². The highest BCUT2D eigenvalue weighted by molar-refractivity contribution is 5.75. The Balaban J connectivity index is 2.00. The summed E-state index contributed by atoms with van der Waals surface area (Å²) in [6, 6.07) is 7.87. The Kier molecular flexibility index (Phi) is 3.74. The fourth-order valence-corrected chi connectivity index (χ4v) is 2.38. The van der Waals surface area contributed by atoms with Crippen molar-refractivity contribution in [1.29, 1.82) is 0 Å². The average Bonchev–Trinajstić information content (AvgIpc) is 2.82. The van der Waals surface area contributed by atoms with E-state index in [1.807, 2.05) is 24.3 Å². The third kappa shape index (κ3) is 3.12. The van der Waals surface area contributed by atoms with E-state index >= 15 is 0 Å². The molecule has 0 saturated heterocycles. The minimum Gasteiger partial charge on any atom is -0.426 e. The van der Waals surface area contributed by atoms with Gasteiger partial charge in [0.05, 0.1) is 5.92 Å². The zero-order valence-electron chi connectivity index (χ0n) is 11.5. The maximum Gasteiger partial charge on any atom is 0.314 e. The maximum atomic E-state index is 11.9. The van der Waals surface area contributed by atoms with Crippen molar-refractivity contribution in [3.63, 3.8) is 0 Å². The number of ether oxygens (including phenoxy) is 1. The molecule has 1 aliphatic rings. The van der Waals surface area contributed by atoms with Crippen molar-refractivity contribution in [3.8, 4) is 5.75 Å². The summed E-state index contributed by atoms with van der Waals surface area (Å²) in [6.07, 6.45) is 4.28. The van der Waals surface area contributed by atoms with Crippen molar-refractivity contribution >= 4 is 5.97 Å². The summed E-state index contributed by atoms with van der Waals surface area (Å²) in [6.45, 7) is 6.52. The summed E-state index contributed by atoms with van der Waals surface area (Å²) in [5, 5.41) is 0. The molecule has 0 unspecified atom stereocenters. The summed E-state index contributed by atoms with van der Waals surface area (Å²) < 4.78 is 5.43. The highest BCUT2D eigenvalue weighted by Gasteiger charge is 2.24. The molecular weight excluding hydrogens is 224 g/mol. The van der Waals surface area contributed by atoms with Gasteiger partial charge >= 0.3 is 5.97 Å². The van der Waals surface area contributed by atoms with Crippen molar-refractivity contribution in [1.82, 2.24) is 0 Å². The first-order chi connectivity index (χ1) is 8.47. The molecule has 0 spiro atoms. The van der Waals surface area contributed by atoms with Crippen molar-refractivity contribution in [2.24, 2.45) is 5.92 Å². The van der Waals surface area contributed by atoms with Crippen LogP contribution in [0.4, 0.5) is 0 Å². The van der Waals surface area contributed by atoms with E-state index in [0.717, 1.165) is 25.7 Å². The number of hydrogen-bond donors (Lipinski definition) is 0. The monoisotopic (exact) mass is 246 g/mol. The number of esters is 1. The minimum absolute atomic E-state index is 0.0593. The third-order valence-corrected chi connectivity index (χ3v) is 3.63. The van der Waals surface area contributed by atoms with Crippen LogP contribution in [-0.2, 0) is 10.2 Å². The molecule has 0 aromatic heterocycles. The van der Waals surface area contributed by atoms with Crippen molar-refractivity contribution in [2.45, 2.75) is 51.9 Å². The Morgan fingerprint density at radius 2 is 1.67 bits per heavy atom. The molecular formula is C16H22O2. The summed E-state index contributed by atoms with van der Waals surface area (Å²) >= 11 is 0.